The van der Waals surface area contributed by atoms with Crippen molar-refractivity contribution < 1.29 is 67.9 Å². The van der Waals surface area contributed by atoms with Gasteiger partial charge in [-0.1, -0.05) is 101 Å². The smallest absolute Gasteiger partial charge is 0.391 e. The van der Waals surface area contributed by atoms with Crippen LogP contribution in [0.2, 0.25) is 0 Å². The number of unbranched alkanes of at least 4 members (excludes halogenated alkanes) is 3. The fourth-order valence-electron chi connectivity index (χ4n) is 16.1. The van der Waals surface area contributed by atoms with Gasteiger partial charge in [-0.3, -0.25) is 33.8 Å². The third kappa shape index (κ3) is 19.2. The first kappa shape index (κ1) is 81.0. The minimum atomic E-state index is -6.19. The Morgan fingerprint density at radius 3 is 2.07 bits per heavy atom. The van der Waals surface area contributed by atoms with Crippen LogP contribution in [0.4, 0.5) is 33.3 Å². The SMILES string of the molecule is Cc1ncsc1-c1ccc([C@H](C)NC(=O)[C@@H]2C[C@@H](O)CN2C(=O)[C@@H](NC(=O)CCCCCCC(=O)N2CCN(CC[C@H](CSc3ccccc3)Nc3ccc(S(=O)(=O)NC(=O)c4ccc(N5CCN(CC6=C(C78CC(C(F)F)(C7)C8)CC(C)(C)CC6)CC5)cc4)cc3S(=O)(=O)C(F)(F)F)CC2)C(C)(C)C)cc1. The van der Waals surface area contributed by atoms with Crippen molar-refractivity contribution >= 4 is 83.9 Å². The van der Waals surface area contributed by atoms with E-state index in [-0.39, 0.29) is 59.8 Å². The van der Waals surface area contributed by atoms with Gasteiger partial charge >= 0.3 is 5.51 Å². The van der Waals surface area contributed by atoms with Crippen LogP contribution in [0.15, 0.2) is 128 Å². The van der Waals surface area contributed by atoms with E-state index in [2.05, 4.69) is 49.5 Å². The zero-order valence-corrected chi connectivity index (χ0v) is 65.3. The Bertz CT molecular complexity index is 4260. The number of hydrogen-bond acceptors (Lipinski definition) is 17. The van der Waals surface area contributed by atoms with Crippen molar-refractivity contribution in [1.82, 2.24) is 39.9 Å². The monoisotopic (exact) mass is 1560 g/mol. The average molecular weight is 1560 g/mol. The van der Waals surface area contributed by atoms with E-state index in [0.29, 0.717) is 103 Å². The molecule has 12 rings (SSSR count). The molecular weight excluding hydrogens is 1460 g/mol. The lowest BCUT2D eigenvalue weighted by molar-refractivity contribution is -0.250. The van der Waals surface area contributed by atoms with E-state index in [1.807, 2.05) is 93.9 Å². The van der Waals surface area contributed by atoms with Crippen molar-refractivity contribution in [2.24, 2.45) is 21.7 Å². The summed E-state index contributed by atoms with van der Waals surface area (Å²) < 4.78 is 128. The Labute approximate surface area is 633 Å². The maximum absolute atomic E-state index is 14.6. The number of sulfone groups is 1. The number of alkyl halides is 5. The van der Waals surface area contributed by atoms with E-state index >= 15 is 0 Å². The third-order valence-corrected chi connectivity index (χ3v) is 27.4. The van der Waals surface area contributed by atoms with Gasteiger partial charge in [0.15, 0.2) is 0 Å². The van der Waals surface area contributed by atoms with Crippen molar-refractivity contribution in [2.75, 3.05) is 88.0 Å². The number of amides is 5. The highest BCUT2D eigenvalue weighted by Crippen LogP contribution is 2.79. The number of piperazine rings is 2. The van der Waals surface area contributed by atoms with Gasteiger partial charge in [-0.25, -0.2) is 35.3 Å². The van der Waals surface area contributed by atoms with Crippen LogP contribution in [0.1, 0.15) is 159 Å². The van der Waals surface area contributed by atoms with Crippen LogP contribution < -0.4 is 25.6 Å². The molecule has 0 unspecified atom stereocenters. The molecule has 29 heteroatoms. The third-order valence-electron chi connectivity index (χ3n) is 22.4. The van der Waals surface area contributed by atoms with Gasteiger partial charge in [-0.05, 0) is 154 Å². The highest BCUT2D eigenvalue weighted by atomic mass is 32.2. The largest absolute Gasteiger partial charge is 0.501 e. The van der Waals surface area contributed by atoms with Crippen molar-refractivity contribution in [1.29, 1.82) is 0 Å². The topological polar surface area (TPSA) is 251 Å². The number of aliphatic hydroxyl groups is 1. The molecule has 7 aliphatic rings. The molecule has 5 N–H and O–H groups in total. The number of anilines is 2. The number of rotatable bonds is 30. The number of aryl methyl sites for hydroxylation is 1. The summed E-state index contributed by atoms with van der Waals surface area (Å²) in [5.41, 5.74) is 0.326. The molecule has 5 aromatic rings. The first-order valence-corrected chi connectivity index (χ1v) is 42.0. The van der Waals surface area contributed by atoms with E-state index in [1.54, 1.807) is 33.9 Å². The highest BCUT2D eigenvalue weighted by Gasteiger charge is 2.73. The Hall–Kier alpha value is -7.02. The predicted octanol–water partition coefficient (Wildman–Crippen LogP) is 12.4. The van der Waals surface area contributed by atoms with Crippen LogP contribution >= 0.6 is 23.1 Å². The van der Waals surface area contributed by atoms with E-state index < -0.39 is 106 Å². The minimum absolute atomic E-state index is 0.0310. The summed E-state index contributed by atoms with van der Waals surface area (Å²) in [6.07, 6.45) is 4.65. The molecule has 3 aliphatic heterocycles. The van der Waals surface area contributed by atoms with Gasteiger partial charge in [0.25, 0.3) is 25.8 Å². The maximum Gasteiger partial charge on any atom is 0.501 e. The number of benzene rings is 4. The average Bonchev–Trinajstić information content (AvgIpc) is 1.21. The molecule has 5 amide bonds. The zero-order valence-electron chi connectivity index (χ0n) is 62.0. The van der Waals surface area contributed by atoms with Gasteiger partial charge in [0.05, 0.1) is 38.8 Å². The van der Waals surface area contributed by atoms with Crippen molar-refractivity contribution in [3.63, 3.8) is 0 Å². The molecule has 582 valence electrons. The van der Waals surface area contributed by atoms with Gasteiger partial charge < -0.3 is 35.8 Å². The Morgan fingerprint density at radius 2 is 1.45 bits per heavy atom. The van der Waals surface area contributed by atoms with E-state index in [0.717, 1.165) is 83.3 Å². The summed E-state index contributed by atoms with van der Waals surface area (Å²) in [4.78, 5) is 82.4. The number of thioether (sulfide) groups is 1. The lowest BCUT2D eigenvalue weighted by atomic mass is 9.32. The van der Waals surface area contributed by atoms with Crippen LogP contribution in [0, 0.1) is 28.6 Å². The van der Waals surface area contributed by atoms with Gasteiger partial charge in [-0.2, -0.15) is 13.2 Å². The zero-order chi connectivity index (χ0) is 77.0. The maximum atomic E-state index is 14.6. The number of thiazole rings is 1. The first-order valence-electron chi connectivity index (χ1n) is 37.2. The fourth-order valence-corrected chi connectivity index (χ4v) is 20.0. The molecule has 5 atom stereocenters. The highest BCUT2D eigenvalue weighted by molar-refractivity contribution is 7.99. The predicted molar refractivity (Wildman–Crippen MR) is 405 cm³/mol. The molecule has 3 saturated heterocycles. The molecule has 0 radical (unpaired) electrons. The molecule has 107 heavy (non-hydrogen) atoms. The summed E-state index contributed by atoms with van der Waals surface area (Å²) in [6, 6.07) is 22.6. The molecule has 4 heterocycles. The number of likely N-dealkylation sites (tertiary alicyclic amines) is 1. The van der Waals surface area contributed by atoms with Gasteiger partial charge in [-0.15, -0.1) is 23.1 Å². The molecule has 6 fully saturated rings. The summed E-state index contributed by atoms with van der Waals surface area (Å²) >= 11 is 2.94. The van der Waals surface area contributed by atoms with Gasteiger partial charge in [0.2, 0.25) is 30.1 Å². The van der Waals surface area contributed by atoms with Crippen molar-refractivity contribution in [3.8, 4) is 10.4 Å². The van der Waals surface area contributed by atoms with E-state index in [4.69, 9.17) is 0 Å². The number of carbonyl (C=O) groups excluding carboxylic acids is 5. The van der Waals surface area contributed by atoms with Gasteiger partial charge in [0.1, 0.15) is 17.0 Å². The lowest BCUT2D eigenvalue weighted by Gasteiger charge is -2.72. The van der Waals surface area contributed by atoms with Crippen LogP contribution in [-0.4, -0.2) is 190 Å². The molecule has 0 spiro atoms. The number of carbonyl (C=O) groups is 5. The molecule has 20 nitrogen and oxygen atoms in total. The van der Waals surface area contributed by atoms with E-state index in [1.165, 1.54) is 39.9 Å². The Morgan fingerprint density at radius 1 is 0.794 bits per heavy atom. The number of aromatic nitrogens is 1. The molecule has 4 aliphatic carbocycles. The number of β-amino-alcohol motifs (C(OH)–C–C–N with tert-alkyl or cyclic N) is 1. The number of nitrogens with one attached hydrogen (secondary N) is 4. The molecule has 1 aromatic heterocycles. The Balaban J connectivity index is 0.631. The van der Waals surface area contributed by atoms with E-state index in [9.17, 15) is 67.9 Å². The number of halogens is 5. The number of aliphatic hydroxyl groups excluding tert-OH is 1. The lowest BCUT2D eigenvalue weighted by Crippen LogP contribution is -2.66. The molecule has 3 saturated carbocycles. The van der Waals surface area contributed by atoms with Crippen LogP contribution in [0.5, 0.6) is 0 Å². The second-order valence-corrected chi connectivity index (χ2v) is 37.6. The number of allylic oxidation sites excluding steroid dienone is 1. The molecule has 2 bridgehead atoms. The fraction of sp³-hybridized carbons (Fsp3) is 0.564. The van der Waals surface area contributed by atoms with Crippen LogP contribution in [0.25, 0.3) is 10.4 Å². The van der Waals surface area contributed by atoms with Crippen molar-refractivity contribution in [2.45, 2.75) is 195 Å². The minimum Gasteiger partial charge on any atom is -0.391 e. The van der Waals surface area contributed by atoms with Crippen LogP contribution in [0.3, 0.4) is 0 Å². The normalized spacial score (nSPS) is 22.4. The van der Waals surface area contributed by atoms with Crippen molar-refractivity contribution in [3.05, 3.63) is 131 Å². The van der Waals surface area contributed by atoms with Crippen LogP contribution in [-0.2, 0) is 39.0 Å². The molecule has 4 aromatic carbocycles. The quantitative estimate of drug-likeness (QED) is 0.0124. The standard InChI is InChI=1S/C78H101F5N10O10S4/c1-51(53-19-21-54(22-20-53)68-52(2)84-50-105-68)85-71(98)64-41-59(94)45-93(64)72(99)69(74(3,4)5)87-66(95)17-13-8-9-14-18-67(96)92-39-33-89(34-40-92)32-30-57(46-104-60-15-11-10-12-16-60)86-63-28-27-61(42-65(63)106(100,101)78(81,82)83)107(102,103)88-70(97)55-23-25-58(26-24-55)91-37-35-90(36-38-91)44-56-29-31-75(6,7)43-62(56)76-47-77(48-76,49-76)73(79)80/h10-12,15-16,19-28,42,50-51,57,59,64,69,73,86,94H,8-9,13-14,17-18,29-41,43-49H2,1-7H3,(H,85,98)(H,87,95)(H,88,97)/t51-,57+,59+,64-,69+,76?,77?/m0/s1. The Kier molecular flexibility index (Phi) is 25.2. The molecular formula is C78H101F5N10O10S4. The summed E-state index contributed by atoms with van der Waals surface area (Å²) in [6.45, 7) is 19.6. The first-order chi connectivity index (χ1) is 50.5. The summed E-state index contributed by atoms with van der Waals surface area (Å²) in [5, 5.41) is 19.7. The second-order valence-electron chi connectivity index (χ2n) is 32.0. The number of sulfonamides is 1. The summed E-state index contributed by atoms with van der Waals surface area (Å²) in [5.74, 6) is -2.05. The second kappa shape index (κ2) is 33.3. The number of nitrogens with zero attached hydrogens (tertiary/aromatic N) is 6. The number of hydrogen-bond donors (Lipinski definition) is 5. The summed E-state index contributed by atoms with van der Waals surface area (Å²) in [7, 11) is -11.2. The van der Waals surface area contributed by atoms with Gasteiger partial charge in [0, 0.05) is 125 Å².